The summed E-state index contributed by atoms with van der Waals surface area (Å²) in [6.07, 6.45) is -1.37. The molecule has 0 heterocycles. The number of hydrogen-bond acceptors (Lipinski definition) is 1. The summed E-state index contributed by atoms with van der Waals surface area (Å²) in [7, 11) is 0. The molecule has 2 aromatic rings. The van der Waals surface area contributed by atoms with Crippen LogP contribution in [0.3, 0.4) is 0 Å². The highest BCUT2D eigenvalue weighted by molar-refractivity contribution is 6.31. The number of halogens is 5. The Balaban J connectivity index is 2.25. The minimum absolute atomic E-state index is 0.0182. The fourth-order valence-corrected chi connectivity index (χ4v) is 2.07. The lowest BCUT2D eigenvalue weighted by Crippen LogP contribution is -2.05. The van der Waals surface area contributed by atoms with E-state index in [1.807, 2.05) is 0 Å². The molecule has 0 aliphatic heterocycles. The molecule has 0 aromatic heterocycles. The van der Waals surface area contributed by atoms with Crippen molar-refractivity contribution in [1.29, 1.82) is 0 Å². The standard InChI is InChI=1S/C14H9ClF4O/c15-9-6-13(19)12(18)5-8(9)14(20)4-7-1-2-10(16)11(17)3-7/h1-3,5-6,14,20H,4H2. The average molecular weight is 305 g/mol. The van der Waals surface area contributed by atoms with E-state index < -0.39 is 29.4 Å². The SMILES string of the molecule is OC(Cc1ccc(F)c(F)c1)c1cc(F)c(F)cc1Cl. The van der Waals surface area contributed by atoms with Crippen molar-refractivity contribution >= 4 is 11.6 Å². The van der Waals surface area contributed by atoms with Crippen LogP contribution in [0, 0.1) is 23.3 Å². The second kappa shape index (κ2) is 5.81. The van der Waals surface area contributed by atoms with Crippen LogP contribution in [0.2, 0.25) is 5.02 Å². The van der Waals surface area contributed by atoms with E-state index in [9.17, 15) is 22.7 Å². The lowest BCUT2D eigenvalue weighted by atomic mass is 10.0. The van der Waals surface area contributed by atoms with Crippen molar-refractivity contribution in [1.82, 2.24) is 0 Å². The molecule has 106 valence electrons. The molecule has 0 amide bonds. The van der Waals surface area contributed by atoms with Crippen LogP contribution >= 0.6 is 11.6 Å². The van der Waals surface area contributed by atoms with Crippen molar-refractivity contribution < 1.29 is 22.7 Å². The van der Waals surface area contributed by atoms with Crippen molar-refractivity contribution in [2.45, 2.75) is 12.5 Å². The Morgan fingerprint density at radius 3 is 2.15 bits per heavy atom. The highest BCUT2D eigenvalue weighted by atomic mass is 35.5. The third-order valence-electron chi connectivity index (χ3n) is 2.81. The molecule has 0 aliphatic carbocycles. The van der Waals surface area contributed by atoms with Gasteiger partial charge < -0.3 is 5.11 Å². The first-order valence-electron chi connectivity index (χ1n) is 5.65. The fourth-order valence-electron chi connectivity index (χ4n) is 1.79. The number of aliphatic hydroxyl groups excluding tert-OH is 1. The van der Waals surface area contributed by atoms with E-state index in [0.29, 0.717) is 5.56 Å². The second-order valence-electron chi connectivity index (χ2n) is 4.26. The van der Waals surface area contributed by atoms with Gasteiger partial charge in [-0.25, -0.2) is 17.6 Å². The van der Waals surface area contributed by atoms with E-state index in [2.05, 4.69) is 0 Å². The van der Waals surface area contributed by atoms with Crippen molar-refractivity contribution in [2.75, 3.05) is 0 Å². The van der Waals surface area contributed by atoms with E-state index >= 15 is 0 Å². The predicted molar refractivity (Wildman–Crippen MR) is 66.4 cm³/mol. The summed E-state index contributed by atoms with van der Waals surface area (Å²) in [5.41, 5.74) is 0.285. The minimum atomic E-state index is -1.26. The van der Waals surface area contributed by atoms with E-state index in [0.717, 1.165) is 24.3 Å². The van der Waals surface area contributed by atoms with Crippen molar-refractivity contribution in [3.05, 3.63) is 69.8 Å². The molecule has 2 aromatic carbocycles. The molecule has 0 spiro atoms. The molecule has 2 rings (SSSR count). The molecular formula is C14H9ClF4O. The van der Waals surface area contributed by atoms with Gasteiger partial charge in [0.2, 0.25) is 0 Å². The Hall–Kier alpha value is -1.59. The van der Waals surface area contributed by atoms with Gasteiger partial charge in [-0.2, -0.15) is 0 Å². The third kappa shape index (κ3) is 3.11. The summed E-state index contributed by atoms with van der Waals surface area (Å²) in [5.74, 6) is -4.33. The van der Waals surface area contributed by atoms with Gasteiger partial charge in [-0.3, -0.25) is 0 Å². The first kappa shape index (κ1) is 14.8. The van der Waals surface area contributed by atoms with Gasteiger partial charge >= 0.3 is 0 Å². The van der Waals surface area contributed by atoms with Gasteiger partial charge in [-0.1, -0.05) is 17.7 Å². The predicted octanol–water partition coefficient (Wildman–Crippen LogP) is 4.17. The lowest BCUT2D eigenvalue weighted by molar-refractivity contribution is 0.177. The number of hydrogen-bond donors (Lipinski definition) is 1. The zero-order valence-electron chi connectivity index (χ0n) is 10.0. The van der Waals surface area contributed by atoms with Gasteiger partial charge in [0.05, 0.1) is 6.10 Å². The van der Waals surface area contributed by atoms with Crippen LogP contribution in [0.15, 0.2) is 30.3 Å². The Morgan fingerprint density at radius 2 is 1.50 bits per heavy atom. The summed E-state index contributed by atoms with van der Waals surface area (Å²) < 4.78 is 51.8. The summed E-state index contributed by atoms with van der Waals surface area (Å²) in [6.45, 7) is 0. The average Bonchev–Trinajstić information content (AvgIpc) is 2.38. The monoisotopic (exact) mass is 304 g/mol. The van der Waals surface area contributed by atoms with Crippen LogP contribution in [-0.4, -0.2) is 5.11 Å². The van der Waals surface area contributed by atoms with Crippen LogP contribution in [0.25, 0.3) is 0 Å². The van der Waals surface area contributed by atoms with Crippen LogP contribution in [0.1, 0.15) is 17.2 Å². The van der Waals surface area contributed by atoms with Gasteiger partial charge in [0.1, 0.15) is 0 Å². The van der Waals surface area contributed by atoms with Gasteiger partial charge in [0.15, 0.2) is 23.3 Å². The third-order valence-corrected chi connectivity index (χ3v) is 3.14. The Bertz CT molecular complexity index is 645. The lowest BCUT2D eigenvalue weighted by Gasteiger charge is -2.13. The fraction of sp³-hybridized carbons (Fsp3) is 0.143. The molecule has 1 atom stereocenters. The van der Waals surface area contributed by atoms with E-state index in [1.165, 1.54) is 6.07 Å². The number of rotatable bonds is 3. The maximum Gasteiger partial charge on any atom is 0.160 e. The molecule has 6 heteroatoms. The van der Waals surface area contributed by atoms with Gasteiger partial charge in [-0.15, -0.1) is 0 Å². The normalized spacial score (nSPS) is 12.5. The molecule has 0 saturated carbocycles. The van der Waals surface area contributed by atoms with Gasteiger partial charge in [-0.05, 0) is 29.8 Å². The highest BCUT2D eigenvalue weighted by Gasteiger charge is 2.17. The van der Waals surface area contributed by atoms with Crippen LogP contribution in [-0.2, 0) is 6.42 Å². The topological polar surface area (TPSA) is 20.2 Å². The first-order chi connectivity index (χ1) is 9.38. The van der Waals surface area contributed by atoms with E-state index in [4.69, 9.17) is 11.6 Å². The molecular weight excluding hydrogens is 296 g/mol. The van der Waals surface area contributed by atoms with Crippen molar-refractivity contribution in [2.24, 2.45) is 0 Å². The molecule has 0 bridgehead atoms. The Morgan fingerprint density at radius 1 is 0.900 bits per heavy atom. The first-order valence-corrected chi connectivity index (χ1v) is 6.02. The molecule has 20 heavy (non-hydrogen) atoms. The molecule has 1 N–H and O–H groups in total. The highest BCUT2D eigenvalue weighted by Crippen LogP contribution is 2.28. The van der Waals surface area contributed by atoms with E-state index in [1.54, 1.807) is 0 Å². The number of benzene rings is 2. The second-order valence-corrected chi connectivity index (χ2v) is 4.66. The molecule has 0 saturated heterocycles. The Labute approximate surface area is 117 Å². The van der Waals surface area contributed by atoms with Crippen LogP contribution in [0.5, 0.6) is 0 Å². The molecule has 0 radical (unpaired) electrons. The van der Waals surface area contributed by atoms with Crippen molar-refractivity contribution in [3.63, 3.8) is 0 Å². The maximum atomic E-state index is 13.1. The zero-order chi connectivity index (χ0) is 14.9. The summed E-state index contributed by atoms with van der Waals surface area (Å²) in [4.78, 5) is 0. The maximum absolute atomic E-state index is 13.1. The summed E-state index contributed by atoms with van der Waals surface area (Å²) >= 11 is 5.72. The largest absolute Gasteiger partial charge is 0.388 e. The molecule has 0 fully saturated rings. The smallest absolute Gasteiger partial charge is 0.160 e. The quantitative estimate of drug-likeness (QED) is 0.666. The van der Waals surface area contributed by atoms with E-state index in [-0.39, 0.29) is 17.0 Å². The summed E-state index contributed by atoms with van der Waals surface area (Å²) in [6, 6.07) is 4.66. The number of aliphatic hydroxyl groups is 1. The zero-order valence-corrected chi connectivity index (χ0v) is 10.8. The van der Waals surface area contributed by atoms with Crippen molar-refractivity contribution in [3.8, 4) is 0 Å². The molecule has 1 nitrogen and oxygen atoms in total. The van der Waals surface area contributed by atoms with Crippen LogP contribution in [0.4, 0.5) is 17.6 Å². The van der Waals surface area contributed by atoms with Gasteiger partial charge in [0.25, 0.3) is 0 Å². The minimum Gasteiger partial charge on any atom is -0.388 e. The van der Waals surface area contributed by atoms with Crippen LogP contribution < -0.4 is 0 Å². The summed E-state index contributed by atoms with van der Waals surface area (Å²) in [5, 5.41) is 9.80. The molecule has 1 unspecified atom stereocenters. The molecule has 0 aliphatic rings. The van der Waals surface area contributed by atoms with Gasteiger partial charge in [0, 0.05) is 17.0 Å². The Kier molecular flexibility index (Phi) is 4.30.